The molecular weight excluding hydrogens is 548 g/mol. The Bertz CT molecular complexity index is 2270. The summed E-state index contributed by atoms with van der Waals surface area (Å²) in [7, 11) is 0. The molecule has 0 aliphatic heterocycles. The molecule has 0 aliphatic rings. The van der Waals surface area contributed by atoms with Crippen LogP contribution in [0.4, 0.5) is 0 Å². The maximum atomic E-state index is 5.17. The zero-order valence-corrected chi connectivity index (χ0v) is 24.7. The highest BCUT2D eigenvalue weighted by Crippen LogP contribution is 2.34. The van der Waals surface area contributed by atoms with Gasteiger partial charge in [-0.3, -0.25) is 0 Å². The molecule has 0 amide bonds. The summed E-state index contributed by atoms with van der Waals surface area (Å²) in [5.74, 6) is 1.91. The van der Waals surface area contributed by atoms with Crippen LogP contribution in [0.25, 0.3) is 78.2 Å². The van der Waals surface area contributed by atoms with E-state index in [1.807, 2.05) is 72.8 Å². The zero-order chi connectivity index (χ0) is 30.2. The highest BCUT2D eigenvalue weighted by atomic mass is 15.0. The molecule has 8 rings (SSSR count). The van der Waals surface area contributed by atoms with Gasteiger partial charge in [-0.1, -0.05) is 127 Å². The summed E-state index contributed by atoms with van der Waals surface area (Å²) in [6, 6.07) is 52.1. The van der Waals surface area contributed by atoms with Gasteiger partial charge in [-0.2, -0.15) is 0 Å². The molecule has 212 valence electrons. The number of benzene rings is 6. The number of rotatable bonds is 5. The number of hydrogen-bond acceptors (Lipinski definition) is 4. The normalized spacial score (nSPS) is 11.2. The van der Waals surface area contributed by atoms with Crippen molar-refractivity contribution in [2.45, 2.75) is 6.92 Å². The van der Waals surface area contributed by atoms with E-state index >= 15 is 0 Å². The van der Waals surface area contributed by atoms with Gasteiger partial charge in [-0.05, 0) is 58.3 Å². The molecule has 0 aliphatic carbocycles. The van der Waals surface area contributed by atoms with Crippen molar-refractivity contribution in [3.63, 3.8) is 0 Å². The molecule has 0 spiro atoms. The van der Waals surface area contributed by atoms with Gasteiger partial charge >= 0.3 is 0 Å². The summed E-state index contributed by atoms with van der Waals surface area (Å²) in [6.07, 6.45) is 0. The van der Waals surface area contributed by atoms with Crippen molar-refractivity contribution in [2.24, 2.45) is 0 Å². The van der Waals surface area contributed by atoms with Crippen molar-refractivity contribution in [2.75, 3.05) is 0 Å². The van der Waals surface area contributed by atoms with Crippen molar-refractivity contribution in [1.29, 1.82) is 0 Å². The van der Waals surface area contributed by atoms with Crippen LogP contribution in [0.1, 0.15) is 5.56 Å². The predicted octanol–water partition coefficient (Wildman–Crippen LogP) is 10.2. The van der Waals surface area contributed by atoms with Crippen molar-refractivity contribution in [3.8, 4) is 56.7 Å². The lowest BCUT2D eigenvalue weighted by atomic mass is 9.95. The Balaban J connectivity index is 1.22. The first-order valence-electron chi connectivity index (χ1n) is 15.1. The average Bonchev–Trinajstić information content (AvgIpc) is 3.12. The quantitative estimate of drug-likeness (QED) is 0.191. The predicted molar refractivity (Wildman–Crippen MR) is 185 cm³/mol. The highest BCUT2D eigenvalue weighted by molar-refractivity contribution is 6.09. The van der Waals surface area contributed by atoms with E-state index in [-0.39, 0.29) is 0 Å². The van der Waals surface area contributed by atoms with Crippen molar-refractivity contribution in [3.05, 3.63) is 157 Å². The minimum Gasteiger partial charge on any atom is -0.248 e. The lowest BCUT2D eigenvalue weighted by molar-refractivity contribution is 1.07. The van der Waals surface area contributed by atoms with Crippen LogP contribution in [0.2, 0.25) is 0 Å². The van der Waals surface area contributed by atoms with Crippen molar-refractivity contribution < 1.29 is 0 Å². The van der Waals surface area contributed by atoms with Gasteiger partial charge in [0.15, 0.2) is 17.5 Å². The number of pyridine rings is 1. The molecule has 0 unspecified atom stereocenters. The third-order valence-electron chi connectivity index (χ3n) is 8.23. The van der Waals surface area contributed by atoms with Gasteiger partial charge in [0.2, 0.25) is 0 Å². The first-order chi connectivity index (χ1) is 22.2. The number of nitrogens with zero attached hydrogens (tertiary/aromatic N) is 4. The van der Waals surface area contributed by atoms with Gasteiger partial charge in [-0.15, -0.1) is 0 Å². The van der Waals surface area contributed by atoms with E-state index in [1.165, 1.54) is 27.1 Å². The molecule has 2 heterocycles. The second-order valence-corrected chi connectivity index (χ2v) is 11.2. The lowest BCUT2D eigenvalue weighted by Gasteiger charge is -2.12. The molecule has 2 aromatic heterocycles. The van der Waals surface area contributed by atoms with Gasteiger partial charge in [0.25, 0.3) is 0 Å². The van der Waals surface area contributed by atoms with E-state index in [2.05, 4.69) is 85.8 Å². The van der Waals surface area contributed by atoms with Gasteiger partial charge in [0.05, 0.1) is 11.4 Å². The topological polar surface area (TPSA) is 51.6 Å². The number of fused-ring (bicyclic) bond motifs is 3. The average molecular weight is 577 g/mol. The third-order valence-corrected chi connectivity index (χ3v) is 8.23. The minimum atomic E-state index is 0.623. The molecule has 0 saturated heterocycles. The Morgan fingerprint density at radius 3 is 1.64 bits per heavy atom. The first kappa shape index (κ1) is 26.6. The molecular formula is C41H28N4. The van der Waals surface area contributed by atoms with E-state index in [9.17, 15) is 0 Å². The molecule has 0 saturated carbocycles. The van der Waals surface area contributed by atoms with Gasteiger partial charge in [-0.25, -0.2) is 19.9 Å². The van der Waals surface area contributed by atoms with Crippen LogP contribution in [0.5, 0.6) is 0 Å². The SMILES string of the molecule is Cc1cc2ccc3ccccc3c2cc1-c1cccc(-c2cccc(-c3nc(-c4ccccc4)nc(-c4ccccc4)n3)c2)n1. The third kappa shape index (κ3) is 5.13. The van der Waals surface area contributed by atoms with Crippen LogP contribution in [0, 0.1) is 6.92 Å². The second-order valence-electron chi connectivity index (χ2n) is 11.2. The monoisotopic (exact) mass is 576 g/mol. The molecule has 0 radical (unpaired) electrons. The molecule has 4 heteroatoms. The van der Waals surface area contributed by atoms with Crippen LogP contribution in [0.15, 0.2) is 152 Å². The Labute approximate surface area is 261 Å². The standard InChI is InChI=1S/C41H28N4/c1-27-24-31-23-22-28-12-8-9-19-34(28)36(31)26-35(27)38-21-11-20-37(42-38)32-17-10-18-33(25-32)41-44-39(29-13-4-2-5-14-29)43-40(45-41)30-15-6-3-7-16-30/h2-26H,1H3. The van der Waals surface area contributed by atoms with E-state index in [4.69, 9.17) is 19.9 Å². The minimum absolute atomic E-state index is 0.623. The highest BCUT2D eigenvalue weighted by Gasteiger charge is 2.14. The first-order valence-corrected chi connectivity index (χ1v) is 15.1. The summed E-state index contributed by atoms with van der Waals surface area (Å²) in [5, 5.41) is 4.96. The van der Waals surface area contributed by atoms with Crippen LogP contribution < -0.4 is 0 Å². The van der Waals surface area contributed by atoms with Crippen LogP contribution >= 0.6 is 0 Å². The summed E-state index contributed by atoms with van der Waals surface area (Å²) >= 11 is 0. The molecule has 0 atom stereocenters. The van der Waals surface area contributed by atoms with Gasteiger partial charge in [0, 0.05) is 27.8 Å². The van der Waals surface area contributed by atoms with Crippen LogP contribution in [-0.2, 0) is 0 Å². The summed E-state index contributed by atoms with van der Waals surface area (Å²) < 4.78 is 0. The Morgan fingerprint density at radius 2 is 0.911 bits per heavy atom. The molecule has 6 aromatic carbocycles. The van der Waals surface area contributed by atoms with E-state index < -0.39 is 0 Å². The maximum absolute atomic E-state index is 5.17. The van der Waals surface area contributed by atoms with Crippen LogP contribution in [-0.4, -0.2) is 19.9 Å². The summed E-state index contributed by atoms with van der Waals surface area (Å²) in [4.78, 5) is 19.9. The number of hydrogen-bond donors (Lipinski definition) is 0. The zero-order valence-electron chi connectivity index (χ0n) is 24.7. The largest absolute Gasteiger partial charge is 0.248 e. The Hall–Kier alpha value is -6.00. The molecule has 0 N–H and O–H groups in total. The van der Waals surface area contributed by atoms with Crippen molar-refractivity contribution >= 4 is 21.5 Å². The number of aromatic nitrogens is 4. The summed E-state index contributed by atoms with van der Waals surface area (Å²) in [5.41, 5.74) is 7.98. The molecule has 0 fully saturated rings. The van der Waals surface area contributed by atoms with E-state index in [0.717, 1.165) is 39.2 Å². The van der Waals surface area contributed by atoms with Crippen LogP contribution in [0.3, 0.4) is 0 Å². The molecule has 4 nitrogen and oxygen atoms in total. The lowest BCUT2D eigenvalue weighted by Crippen LogP contribution is -2.00. The molecule has 8 aromatic rings. The van der Waals surface area contributed by atoms with Gasteiger partial charge in [0.1, 0.15) is 0 Å². The Kier molecular flexibility index (Phi) is 6.65. The molecule has 0 bridgehead atoms. The second kappa shape index (κ2) is 11.3. The molecule has 45 heavy (non-hydrogen) atoms. The fraction of sp³-hybridized carbons (Fsp3) is 0.0244. The van der Waals surface area contributed by atoms with E-state index in [1.54, 1.807) is 0 Å². The smallest absolute Gasteiger partial charge is 0.164 e. The van der Waals surface area contributed by atoms with Gasteiger partial charge < -0.3 is 0 Å². The van der Waals surface area contributed by atoms with Crippen molar-refractivity contribution in [1.82, 2.24) is 19.9 Å². The summed E-state index contributed by atoms with van der Waals surface area (Å²) in [6.45, 7) is 2.16. The maximum Gasteiger partial charge on any atom is 0.164 e. The number of aryl methyl sites for hydroxylation is 1. The fourth-order valence-electron chi connectivity index (χ4n) is 5.95. The fourth-order valence-corrected chi connectivity index (χ4v) is 5.95. The van der Waals surface area contributed by atoms with E-state index in [0.29, 0.717) is 17.5 Å². The Morgan fingerprint density at radius 1 is 0.356 bits per heavy atom.